The average molecular weight is 625 g/mol. The Morgan fingerprint density at radius 2 is 1.60 bits per heavy atom. The van der Waals surface area contributed by atoms with Crippen LogP contribution in [0.25, 0.3) is 0 Å². The van der Waals surface area contributed by atoms with Crippen LogP contribution in [-0.4, -0.2) is 50.0 Å². The summed E-state index contributed by atoms with van der Waals surface area (Å²) in [5.74, 6) is -0.919. The van der Waals surface area contributed by atoms with E-state index in [9.17, 15) is 18.0 Å². The van der Waals surface area contributed by atoms with Crippen molar-refractivity contribution in [1.29, 1.82) is 0 Å². The molecule has 0 saturated carbocycles. The molecule has 1 N–H and O–H groups in total. The van der Waals surface area contributed by atoms with E-state index in [1.54, 1.807) is 36.4 Å². The number of halogens is 3. The van der Waals surface area contributed by atoms with Gasteiger partial charge in [-0.1, -0.05) is 84.2 Å². The Balaban J connectivity index is 2.08. The van der Waals surface area contributed by atoms with Crippen molar-refractivity contribution in [2.45, 2.75) is 45.3 Å². The zero-order valence-corrected chi connectivity index (χ0v) is 25.6. The minimum Gasteiger partial charge on any atom is -0.352 e. The molecule has 0 aliphatic heterocycles. The Bertz CT molecular complexity index is 1440. The van der Waals surface area contributed by atoms with Crippen LogP contribution in [0.4, 0.5) is 5.69 Å². The van der Waals surface area contributed by atoms with E-state index in [2.05, 4.69) is 5.32 Å². The Hall–Kier alpha value is -2.78. The van der Waals surface area contributed by atoms with Crippen LogP contribution >= 0.6 is 34.8 Å². The lowest BCUT2D eigenvalue weighted by Gasteiger charge is -2.34. The smallest absolute Gasteiger partial charge is 0.244 e. The number of hydrogen-bond acceptors (Lipinski definition) is 4. The van der Waals surface area contributed by atoms with Crippen LogP contribution in [0.3, 0.4) is 0 Å². The molecule has 0 aromatic heterocycles. The highest BCUT2D eigenvalue weighted by atomic mass is 35.5. The summed E-state index contributed by atoms with van der Waals surface area (Å²) in [5.41, 5.74) is 1.71. The number of hydrogen-bond donors (Lipinski definition) is 1. The van der Waals surface area contributed by atoms with E-state index < -0.39 is 28.5 Å². The minimum atomic E-state index is -3.89. The monoisotopic (exact) mass is 623 g/mol. The fourth-order valence-corrected chi connectivity index (χ4v) is 5.42. The van der Waals surface area contributed by atoms with Gasteiger partial charge in [0, 0.05) is 24.0 Å². The van der Waals surface area contributed by atoms with E-state index in [-0.39, 0.29) is 30.6 Å². The first-order valence-electron chi connectivity index (χ1n) is 12.7. The van der Waals surface area contributed by atoms with Crippen molar-refractivity contribution in [3.63, 3.8) is 0 Å². The van der Waals surface area contributed by atoms with Crippen LogP contribution in [0.2, 0.25) is 15.1 Å². The Morgan fingerprint density at radius 1 is 0.900 bits per heavy atom. The first-order valence-corrected chi connectivity index (χ1v) is 15.7. The molecule has 2 unspecified atom stereocenters. The number of carbonyl (C=O) groups is 2. The highest BCUT2D eigenvalue weighted by molar-refractivity contribution is 7.92. The molecule has 0 aliphatic rings. The van der Waals surface area contributed by atoms with Gasteiger partial charge in [0.05, 0.1) is 22.0 Å². The molecule has 0 aliphatic carbocycles. The van der Waals surface area contributed by atoms with Crippen LogP contribution in [0.5, 0.6) is 0 Å². The lowest BCUT2D eigenvalue weighted by molar-refractivity contribution is -0.140. The van der Waals surface area contributed by atoms with E-state index in [0.717, 1.165) is 16.1 Å². The maximum Gasteiger partial charge on any atom is 0.244 e. The topological polar surface area (TPSA) is 86.8 Å². The van der Waals surface area contributed by atoms with Crippen LogP contribution in [-0.2, 0) is 32.6 Å². The third kappa shape index (κ3) is 8.86. The molecule has 3 aromatic rings. The summed E-state index contributed by atoms with van der Waals surface area (Å²) in [5, 5.41) is 3.95. The van der Waals surface area contributed by atoms with Gasteiger partial charge in [0.1, 0.15) is 12.6 Å². The summed E-state index contributed by atoms with van der Waals surface area (Å²) in [6, 6.07) is 19.4. The molecule has 0 saturated heterocycles. The van der Waals surface area contributed by atoms with Gasteiger partial charge < -0.3 is 10.2 Å². The number of anilines is 1. The lowest BCUT2D eigenvalue weighted by Crippen LogP contribution is -2.54. The second-order valence-corrected chi connectivity index (χ2v) is 12.7. The summed E-state index contributed by atoms with van der Waals surface area (Å²) in [4.78, 5) is 29.1. The molecule has 11 heteroatoms. The van der Waals surface area contributed by atoms with Crippen LogP contribution in [0.15, 0.2) is 72.8 Å². The van der Waals surface area contributed by atoms with Gasteiger partial charge in [-0.3, -0.25) is 13.9 Å². The standard InChI is InChI=1S/C29H32Cl3N3O4S/c1-4-20(2)33-29(37)27(16-21-9-6-5-7-10-21)34(18-22-13-14-25(31)26(32)15-22)28(36)19-35(40(3,38)39)24-12-8-11-23(30)17-24/h5-15,17,20,27H,4,16,18-19H2,1-3H3,(H,33,37). The zero-order chi connectivity index (χ0) is 29.4. The molecular weight excluding hydrogens is 593 g/mol. The van der Waals surface area contributed by atoms with Gasteiger partial charge in [0.15, 0.2) is 0 Å². The SMILES string of the molecule is CCC(C)NC(=O)C(Cc1ccccc1)N(Cc1ccc(Cl)c(Cl)c1)C(=O)CN(c1cccc(Cl)c1)S(C)(=O)=O. The predicted octanol–water partition coefficient (Wildman–Crippen LogP) is 5.97. The van der Waals surface area contributed by atoms with Gasteiger partial charge in [-0.15, -0.1) is 0 Å². The van der Waals surface area contributed by atoms with E-state index in [1.165, 1.54) is 11.0 Å². The number of amides is 2. The van der Waals surface area contributed by atoms with Gasteiger partial charge in [-0.25, -0.2) is 8.42 Å². The second-order valence-electron chi connectivity index (χ2n) is 9.54. The average Bonchev–Trinajstić information content (AvgIpc) is 2.90. The molecule has 2 amide bonds. The number of sulfonamides is 1. The van der Waals surface area contributed by atoms with Gasteiger partial charge >= 0.3 is 0 Å². The molecule has 0 fully saturated rings. The zero-order valence-electron chi connectivity index (χ0n) is 22.5. The van der Waals surface area contributed by atoms with Crippen molar-refractivity contribution in [3.8, 4) is 0 Å². The van der Waals surface area contributed by atoms with Crippen LogP contribution < -0.4 is 9.62 Å². The highest BCUT2D eigenvalue weighted by Gasteiger charge is 2.33. The maximum absolute atomic E-state index is 14.1. The third-order valence-electron chi connectivity index (χ3n) is 6.38. The lowest BCUT2D eigenvalue weighted by atomic mass is 10.0. The molecule has 0 spiro atoms. The largest absolute Gasteiger partial charge is 0.352 e. The molecule has 0 radical (unpaired) electrons. The number of carbonyl (C=O) groups excluding carboxylic acids is 2. The van der Waals surface area contributed by atoms with Crippen molar-refractivity contribution in [1.82, 2.24) is 10.2 Å². The van der Waals surface area contributed by atoms with E-state index in [1.807, 2.05) is 44.2 Å². The van der Waals surface area contributed by atoms with Gasteiger partial charge in [0.25, 0.3) is 0 Å². The summed E-state index contributed by atoms with van der Waals surface area (Å²) in [6.07, 6.45) is 1.93. The fraction of sp³-hybridized carbons (Fsp3) is 0.310. The molecule has 214 valence electrons. The molecular formula is C29H32Cl3N3O4S. The fourth-order valence-electron chi connectivity index (χ4n) is 4.07. The molecule has 3 aromatic carbocycles. The van der Waals surface area contributed by atoms with Gasteiger partial charge in [0.2, 0.25) is 21.8 Å². The number of rotatable bonds is 12. The van der Waals surface area contributed by atoms with E-state index >= 15 is 0 Å². The van der Waals surface area contributed by atoms with Crippen molar-refractivity contribution in [2.75, 3.05) is 17.1 Å². The summed E-state index contributed by atoms with van der Waals surface area (Å²) < 4.78 is 26.6. The number of benzene rings is 3. The quantitative estimate of drug-likeness (QED) is 0.269. The van der Waals surface area contributed by atoms with Crippen molar-refractivity contribution in [3.05, 3.63) is 99.0 Å². The molecule has 2 atom stereocenters. The number of nitrogens with one attached hydrogen (secondary N) is 1. The first-order chi connectivity index (χ1) is 18.9. The Labute approximate surface area is 251 Å². The Morgan fingerprint density at radius 3 is 2.20 bits per heavy atom. The normalized spacial score (nSPS) is 12.8. The second kappa shape index (κ2) is 14.2. The maximum atomic E-state index is 14.1. The molecule has 0 bridgehead atoms. The van der Waals surface area contributed by atoms with Crippen molar-refractivity contribution >= 4 is 62.3 Å². The predicted molar refractivity (Wildman–Crippen MR) is 162 cm³/mol. The highest BCUT2D eigenvalue weighted by Crippen LogP contribution is 2.26. The number of nitrogens with zero attached hydrogens (tertiary/aromatic N) is 2. The van der Waals surface area contributed by atoms with Gasteiger partial charge in [-0.2, -0.15) is 0 Å². The molecule has 7 nitrogen and oxygen atoms in total. The summed E-state index contributed by atoms with van der Waals surface area (Å²) >= 11 is 18.5. The Kier molecular flexibility index (Phi) is 11.3. The van der Waals surface area contributed by atoms with Gasteiger partial charge in [-0.05, 0) is 54.8 Å². The van der Waals surface area contributed by atoms with Crippen molar-refractivity contribution in [2.24, 2.45) is 0 Å². The molecule has 3 rings (SSSR count). The van der Waals surface area contributed by atoms with E-state index in [0.29, 0.717) is 27.1 Å². The third-order valence-corrected chi connectivity index (χ3v) is 8.50. The van der Waals surface area contributed by atoms with Crippen LogP contribution in [0, 0.1) is 0 Å². The summed E-state index contributed by atoms with van der Waals surface area (Å²) in [7, 11) is -3.89. The van der Waals surface area contributed by atoms with Crippen LogP contribution in [0.1, 0.15) is 31.4 Å². The van der Waals surface area contributed by atoms with Crippen molar-refractivity contribution < 1.29 is 18.0 Å². The minimum absolute atomic E-state index is 0.00566. The summed E-state index contributed by atoms with van der Waals surface area (Å²) in [6.45, 7) is 3.29. The first kappa shape index (κ1) is 31.7. The van der Waals surface area contributed by atoms with E-state index in [4.69, 9.17) is 34.8 Å². The molecule has 0 heterocycles. The molecule has 40 heavy (non-hydrogen) atoms.